The molecule has 0 saturated carbocycles. The lowest BCUT2D eigenvalue weighted by molar-refractivity contribution is -0.672. The molecular formula is C12H17NO5S2. The number of methoxy groups -OCH3 is 1. The van der Waals surface area contributed by atoms with Crippen LogP contribution in [0.2, 0.25) is 0 Å². The van der Waals surface area contributed by atoms with Crippen molar-refractivity contribution in [2.24, 2.45) is 0 Å². The Labute approximate surface area is 121 Å². The molecule has 0 aliphatic heterocycles. The van der Waals surface area contributed by atoms with Gasteiger partial charge in [-0.1, -0.05) is 11.3 Å². The molecule has 8 heteroatoms. The molecule has 0 bridgehead atoms. The van der Waals surface area contributed by atoms with Crippen LogP contribution in [0.25, 0.3) is 10.2 Å². The Morgan fingerprint density at radius 2 is 2.10 bits per heavy atom. The van der Waals surface area contributed by atoms with E-state index in [1.54, 1.807) is 18.4 Å². The molecule has 6 nitrogen and oxygen atoms in total. The van der Waals surface area contributed by atoms with Crippen molar-refractivity contribution in [3.63, 3.8) is 0 Å². The van der Waals surface area contributed by atoms with E-state index in [0.29, 0.717) is 13.0 Å². The van der Waals surface area contributed by atoms with E-state index in [1.807, 2.05) is 29.7 Å². The zero-order valence-corrected chi connectivity index (χ0v) is 12.9. The molecule has 0 aliphatic rings. The highest BCUT2D eigenvalue weighted by Crippen LogP contribution is 2.24. The van der Waals surface area contributed by atoms with E-state index in [-0.39, 0.29) is 11.2 Å². The number of nitrogens with zero attached hydrogens (tertiary/aromatic N) is 1. The zero-order valence-electron chi connectivity index (χ0n) is 11.2. The number of aromatic nitrogens is 1. The third-order valence-electron chi connectivity index (χ3n) is 2.88. The van der Waals surface area contributed by atoms with Gasteiger partial charge in [-0.25, -0.2) is 0 Å². The summed E-state index contributed by atoms with van der Waals surface area (Å²) in [4.78, 5) is 0. The Morgan fingerprint density at radius 3 is 2.70 bits per heavy atom. The second kappa shape index (κ2) is 6.49. The number of hydrogen-bond donors (Lipinski definition) is 1. The zero-order chi connectivity index (χ0) is 14.0. The summed E-state index contributed by atoms with van der Waals surface area (Å²) in [5.41, 5.74) is 1.03. The lowest BCUT2D eigenvalue weighted by Crippen LogP contribution is -2.35. The fourth-order valence-electron chi connectivity index (χ4n) is 1.99. The minimum atomic E-state index is -3.89. The predicted octanol–water partition coefficient (Wildman–Crippen LogP) is 1.61. The van der Waals surface area contributed by atoms with Crippen LogP contribution in [0, 0.1) is 6.92 Å². The quantitative estimate of drug-likeness (QED) is 0.667. The van der Waals surface area contributed by atoms with E-state index in [0.717, 1.165) is 21.0 Å². The minimum Gasteiger partial charge on any atom is -0.870 e. The number of aryl methyl sites for hydroxylation is 2. The SMILES string of the molecule is COc1ccc2sc(C)[n+](CCCS(=O)(=O)O)c2c1.[OH-]. The van der Waals surface area contributed by atoms with Gasteiger partial charge in [-0.3, -0.25) is 4.55 Å². The van der Waals surface area contributed by atoms with Crippen LogP contribution in [0.5, 0.6) is 5.75 Å². The summed E-state index contributed by atoms with van der Waals surface area (Å²) in [5.74, 6) is 0.551. The van der Waals surface area contributed by atoms with Crippen LogP contribution in [0.15, 0.2) is 18.2 Å². The molecule has 2 aromatic rings. The number of benzene rings is 1. The van der Waals surface area contributed by atoms with Gasteiger partial charge in [0.05, 0.1) is 18.9 Å². The summed E-state index contributed by atoms with van der Waals surface area (Å²) < 4.78 is 38.6. The van der Waals surface area contributed by atoms with Crippen molar-refractivity contribution in [1.82, 2.24) is 0 Å². The normalized spacial score (nSPS) is 11.3. The first kappa shape index (κ1) is 16.8. The van der Waals surface area contributed by atoms with Crippen molar-refractivity contribution < 1.29 is 27.8 Å². The number of ether oxygens (including phenoxy) is 1. The van der Waals surface area contributed by atoms with Crippen molar-refractivity contribution >= 4 is 31.7 Å². The highest BCUT2D eigenvalue weighted by molar-refractivity contribution is 7.85. The van der Waals surface area contributed by atoms with Gasteiger partial charge >= 0.3 is 0 Å². The maximum atomic E-state index is 10.7. The Kier molecular flexibility index (Phi) is 5.46. The largest absolute Gasteiger partial charge is 0.870 e. The Morgan fingerprint density at radius 1 is 1.40 bits per heavy atom. The molecule has 0 spiro atoms. The molecule has 0 aliphatic carbocycles. The van der Waals surface area contributed by atoms with Gasteiger partial charge in [0.15, 0.2) is 6.54 Å². The van der Waals surface area contributed by atoms with E-state index < -0.39 is 10.1 Å². The molecule has 0 fully saturated rings. The van der Waals surface area contributed by atoms with Crippen LogP contribution in [0.1, 0.15) is 11.4 Å². The van der Waals surface area contributed by atoms with Gasteiger partial charge in [-0.15, -0.1) is 0 Å². The molecule has 1 aromatic carbocycles. The number of rotatable bonds is 5. The topological polar surface area (TPSA) is 97.5 Å². The molecule has 112 valence electrons. The van der Waals surface area contributed by atoms with Gasteiger partial charge in [-0.2, -0.15) is 13.0 Å². The van der Waals surface area contributed by atoms with Crippen LogP contribution in [-0.4, -0.2) is 31.3 Å². The summed E-state index contributed by atoms with van der Waals surface area (Å²) in [5, 5.41) is 1.10. The summed E-state index contributed by atoms with van der Waals surface area (Å²) in [7, 11) is -2.28. The maximum absolute atomic E-state index is 10.7. The van der Waals surface area contributed by atoms with Crippen molar-refractivity contribution in [2.75, 3.05) is 12.9 Å². The Hall–Kier alpha value is -1.22. The van der Waals surface area contributed by atoms with Crippen LogP contribution in [-0.2, 0) is 16.7 Å². The van der Waals surface area contributed by atoms with Crippen molar-refractivity contribution in [3.05, 3.63) is 23.2 Å². The third kappa shape index (κ3) is 3.89. The minimum absolute atomic E-state index is 0. The standard InChI is InChI=1S/C12H15NO4S2.H2O/c1-9-13(6-3-7-19(14,15)16)11-8-10(17-2)4-5-12(11)18-9;/h4-5,8H,3,6-7H2,1-2H3;1H2. The molecule has 0 saturated heterocycles. The van der Waals surface area contributed by atoms with E-state index >= 15 is 0 Å². The number of hydrogen-bond acceptors (Lipinski definition) is 5. The molecule has 1 aromatic heterocycles. The summed E-state index contributed by atoms with van der Waals surface area (Å²) >= 11 is 1.65. The van der Waals surface area contributed by atoms with Gasteiger partial charge in [0.25, 0.3) is 10.1 Å². The average Bonchev–Trinajstić information content (AvgIpc) is 2.63. The molecule has 2 N–H and O–H groups in total. The van der Waals surface area contributed by atoms with Gasteiger partial charge in [0, 0.05) is 13.3 Å². The highest BCUT2D eigenvalue weighted by atomic mass is 32.2. The van der Waals surface area contributed by atoms with E-state index in [4.69, 9.17) is 9.29 Å². The van der Waals surface area contributed by atoms with E-state index in [2.05, 4.69) is 0 Å². The van der Waals surface area contributed by atoms with Crippen LogP contribution >= 0.6 is 11.3 Å². The van der Waals surface area contributed by atoms with Crippen molar-refractivity contribution in [3.8, 4) is 5.75 Å². The van der Waals surface area contributed by atoms with Crippen LogP contribution in [0.4, 0.5) is 0 Å². The van der Waals surface area contributed by atoms with Crippen LogP contribution in [0.3, 0.4) is 0 Å². The molecule has 0 radical (unpaired) electrons. The number of fused-ring (bicyclic) bond motifs is 1. The second-order valence-corrected chi connectivity index (χ2v) is 7.05. The smallest absolute Gasteiger partial charge is 0.265 e. The Balaban J connectivity index is 0.00000200. The van der Waals surface area contributed by atoms with Gasteiger partial charge in [0.2, 0.25) is 10.5 Å². The van der Waals surface area contributed by atoms with Crippen LogP contribution < -0.4 is 9.30 Å². The third-order valence-corrected chi connectivity index (χ3v) is 4.76. The number of thiazole rings is 1. The second-order valence-electron chi connectivity index (χ2n) is 4.25. The lowest BCUT2D eigenvalue weighted by Gasteiger charge is -1.99. The summed E-state index contributed by atoms with van der Waals surface area (Å²) in [6.07, 6.45) is 0.382. The highest BCUT2D eigenvalue weighted by Gasteiger charge is 2.18. The monoisotopic (exact) mass is 319 g/mol. The molecule has 20 heavy (non-hydrogen) atoms. The van der Waals surface area contributed by atoms with Gasteiger partial charge < -0.3 is 10.2 Å². The molecule has 0 unspecified atom stereocenters. The predicted molar refractivity (Wildman–Crippen MR) is 76.3 cm³/mol. The fraction of sp³-hybridized carbons (Fsp3) is 0.417. The summed E-state index contributed by atoms with van der Waals surface area (Å²) in [6, 6.07) is 5.83. The lowest BCUT2D eigenvalue weighted by atomic mass is 10.3. The molecule has 0 amide bonds. The average molecular weight is 319 g/mol. The fourth-order valence-corrected chi connectivity index (χ4v) is 3.51. The van der Waals surface area contributed by atoms with Crippen molar-refractivity contribution in [2.45, 2.75) is 19.9 Å². The van der Waals surface area contributed by atoms with Gasteiger partial charge in [0.1, 0.15) is 10.4 Å². The molecule has 0 atom stereocenters. The summed E-state index contributed by atoms with van der Waals surface area (Å²) in [6.45, 7) is 2.55. The molecule has 1 heterocycles. The van der Waals surface area contributed by atoms with E-state index in [1.165, 1.54) is 0 Å². The molecular weight excluding hydrogens is 302 g/mol. The first-order valence-corrected chi connectivity index (χ1v) is 8.25. The molecule has 2 rings (SSSR count). The maximum Gasteiger partial charge on any atom is 0.265 e. The van der Waals surface area contributed by atoms with Crippen molar-refractivity contribution in [1.29, 1.82) is 0 Å². The van der Waals surface area contributed by atoms with E-state index in [9.17, 15) is 8.42 Å². The Bertz CT molecular complexity index is 693. The first-order chi connectivity index (χ1) is 8.90. The first-order valence-electron chi connectivity index (χ1n) is 5.83. The van der Waals surface area contributed by atoms with Gasteiger partial charge in [-0.05, 0) is 12.1 Å².